The molecule has 5 nitrogen and oxygen atoms in total. The first kappa shape index (κ1) is 16.2. The first-order valence-corrected chi connectivity index (χ1v) is 8.67. The summed E-state index contributed by atoms with van der Waals surface area (Å²) < 4.78 is 1.13. The molecule has 6 heteroatoms. The van der Waals surface area contributed by atoms with E-state index in [-0.39, 0.29) is 5.91 Å². The maximum Gasteiger partial charge on any atom is 0.274 e. The van der Waals surface area contributed by atoms with Gasteiger partial charge in [-0.3, -0.25) is 4.79 Å². The quantitative estimate of drug-likeness (QED) is 0.774. The maximum atomic E-state index is 12.4. The summed E-state index contributed by atoms with van der Waals surface area (Å²) in [7, 11) is 2.12. The topological polar surface area (TPSA) is 48.5 Å². The molecule has 1 amide bonds. The van der Waals surface area contributed by atoms with Gasteiger partial charge in [0.2, 0.25) is 0 Å². The van der Waals surface area contributed by atoms with Crippen LogP contribution < -0.4 is 10.2 Å². The van der Waals surface area contributed by atoms with E-state index in [4.69, 9.17) is 0 Å². The van der Waals surface area contributed by atoms with Crippen molar-refractivity contribution < 1.29 is 4.79 Å². The third kappa shape index (κ3) is 4.20. The Labute approximate surface area is 149 Å². The Morgan fingerprint density at radius 2 is 1.78 bits per heavy atom. The zero-order chi connectivity index (χ0) is 16.2. The summed E-state index contributed by atoms with van der Waals surface area (Å²) in [6, 6.07) is 13.3. The minimum absolute atomic E-state index is 0.179. The number of carbonyl (C=O) groups is 1. The van der Waals surface area contributed by atoms with Gasteiger partial charge in [0, 0.05) is 35.4 Å². The molecule has 1 aromatic heterocycles. The van der Waals surface area contributed by atoms with Crippen molar-refractivity contribution in [1.29, 1.82) is 0 Å². The van der Waals surface area contributed by atoms with Crippen molar-refractivity contribution in [3.63, 3.8) is 0 Å². The van der Waals surface area contributed by atoms with E-state index < -0.39 is 0 Å². The predicted octanol–water partition coefficient (Wildman–Crippen LogP) is 2.69. The van der Waals surface area contributed by atoms with Crippen LogP contribution in [0, 0.1) is 3.57 Å². The Kier molecular flexibility index (Phi) is 5.12. The highest BCUT2D eigenvalue weighted by molar-refractivity contribution is 14.1. The Bertz CT molecular complexity index is 681. The molecule has 1 aliphatic heterocycles. The number of carbonyl (C=O) groups excluding carboxylic acids is 1. The molecule has 2 aromatic rings. The predicted molar refractivity (Wildman–Crippen MR) is 101 cm³/mol. The molecule has 3 rings (SSSR count). The standard InChI is InChI=1S/C17H19IN4O/c1-21-9-11-22(12-10-21)16-4-2-3-15(20-16)17(23)19-14-7-5-13(18)6-8-14/h2-8H,9-12H2,1H3,(H,19,23). The van der Waals surface area contributed by atoms with E-state index in [0.29, 0.717) is 5.69 Å². The molecule has 0 atom stereocenters. The Hall–Kier alpha value is -1.67. The number of anilines is 2. The van der Waals surface area contributed by atoms with Crippen LogP contribution in [0.15, 0.2) is 42.5 Å². The lowest BCUT2D eigenvalue weighted by molar-refractivity contribution is 0.102. The maximum absolute atomic E-state index is 12.4. The van der Waals surface area contributed by atoms with E-state index in [1.165, 1.54) is 0 Å². The summed E-state index contributed by atoms with van der Waals surface area (Å²) in [5, 5.41) is 2.89. The van der Waals surface area contributed by atoms with Crippen molar-refractivity contribution >= 4 is 40.0 Å². The molecule has 1 fully saturated rings. The summed E-state index contributed by atoms with van der Waals surface area (Å²) in [6.07, 6.45) is 0. The van der Waals surface area contributed by atoms with Crippen molar-refractivity contribution in [2.45, 2.75) is 0 Å². The number of amides is 1. The second-order valence-corrected chi connectivity index (χ2v) is 6.88. The third-order valence-electron chi connectivity index (χ3n) is 3.90. The summed E-state index contributed by atoms with van der Waals surface area (Å²) in [4.78, 5) is 21.4. The third-order valence-corrected chi connectivity index (χ3v) is 4.62. The number of hydrogen-bond donors (Lipinski definition) is 1. The van der Waals surface area contributed by atoms with Crippen LogP contribution in [0.1, 0.15) is 10.5 Å². The highest BCUT2D eigenvalue weighted by Gasteiger charge is 2.16. The normalized spacial score (nSPS) is 15.5. The number of benzene rings is 1. The monoisotopic (exact) mass is 422 g/mol. The number of hydrogen-bond acceptors (Lipinski definition) is 4. The van der Waals surface area contributed by atoms with E-state index in [1.54, 1.807) is 6.07 Å². The number of piperazine rings is 1. The van der Waals surface area contributed by atoms with Gasteiger partial charge in [-0.25, -0.2) is 4.98 Å². The molecule has 0 aliphatic carbocycles. The fourth-order valence-corrected chi connectivity index (χ4v) is 2.85. The number of halogens is 1. The molecule has 0 unspecified atom stereocenters. The van der Waals surface area contributed by atoms with Crippen LogP contribution >= 0.6 is 22.6 Å². The van der Waals surface area contributed by atoms with Gasteiger partial charge in [0.25, 0.3) is 5.91 Å². The molecule has 1 aromatic carbocycles. The molecule has 120 valence electrons. The van der Waals surface area contributed by atoms with Gasteiger partial charge in [-0.2, -0.15) is 0 Å². The molecule has 23 heavy (non-hydrogen) atoms. The van der Waals surface area contributed by atoms with Gasteiger partial charge in [0.05, 0.1) is 0 Å². The molecule has 1 aliphatic rings. The smallest absolute Gasteiger partial charge is 0.274 e. The fourth-order valence-electron chi connectivity index (χ4n) is 2.49. The molecule has 0 saturated carbocycles. The molecular formula is C17H19IN4O. The first-order chi connectivity index (χ1) is 11.1. The average molecular weight is 422 g/mol. The lowest BCUT2D eigenvalue weighted by Crippen LogP contribution is -2.44. The lowest BCUT2D eigenvalue weighted by atomic mass is 10.2. The largest absolute Gasteiger partial charge is 0.354 e. The fraction of sp³-hybridized carbons (Fsp3) is 0.294. The van der Waals surface area contributed by atoms with E-state index in [2.05, 4.69) is 49.7 Å². The van der Waals surface area contributed by atoms with Crippen LogP contribution in [0.2, 0.25) is 0 Å². The van der Waals surface area contributed by atoms with Gasteiger partial charge in [-0.1, -0.05) is 6.07 Å². The number of nitrogens with one attached hydrogen (secondary N) is 1. The van der Waals surface area contributed by atoms with Crippen LogP contribution in [0.4, 0.5) is 11.5 Å². The van der Waals surface area contributed by atoms with Crippen LogP contribution in [0.5, 0.6) is 0 Å². The van der Waals surface area contributed by atoms with E-state index in [9.17, 15) is 4.79 Å². The summed E-state index contributed by atoms with van der Waals surface area (Å²) in [5.74, 6) is 0.690. The molecule has 0 spiro atoms. The molecular weight excluding hydrogens is 403 g/mol. The number of aromatic nitrogens is 1. The number of nitrogens with zero attached hydrogens (tertiary/aromatic N) is 3. The summed E-state index contributed by atoms with van der Waals surface area (Å²) >= 11 is 2.24. The molecule has 2 heterocycles. The number of rotatable bonds is 3. The van der Waals surface area contributed by atoms with Crippen molar-refractivity contribution in [3.05, 3.63) is 51.7 Å². The summed E-state index contributed by atoms with van der Waals surface area (Å²) in [6.45, 7) is 3.90. The average Bonchev–Trinajstić information content (AvgIpc) is 2.58. The van der Waals surface area contributed by atoms with E-state index >= 15 is 0 Å². The van der Waals surface area contributed by atoms with Crippen LogP contribution in [0.25, 0.3) is 0 Å². The van der Waals surface area contributed by atoms with Gasteiger partial charge in [-0.15, -0.1) is 0 Å². The highest BCUT2D eigenvalue weighted by atomic mass is 127. The van der Waals surface area contributed by atoms with Crippen LogP contribution in [0.3, 0.4) is 0 Å². The zero-order valence-corrected chi connectivity index (χ0v) is 15.2. The molecule has 0 bridgehead atoms. The van der Waals surface area contributed by atoms with Gasteiger partial charge < -0.3 is 15.1 Å². The second-order valence-electron chi connectivity index (χ2n) is 5.63. The van der Waals surface area contributed by atoms with Gasteiger partial charge in [0.15, 0.2) is 0 Å². The van der Waals surface area contributed by atoms with Crippen molar-refractivity contribution in [2.75, 3.05) is 43.4 Å². The van der Waals surface area contributed by atoms with Crippen molar-refractivity contribution in [2.24, 2.45) is 0 Å². The second kappa shape index (κ2) is 7.27. The molecule has 1 saturated heterocycles. The first-order valence-electron chi connectivity index (χ1n) is 7.59. The van der Waals surface area contributed by atoms with Crippen LogP contribution in [-0.2, 0) is 0 Å². The van der Waals surface area contributed by atoms with Crippen molar-refractivity contribution in [3.8, 4) is 0 Å². The Morgan fingerprint density at radius 1 is 1.09 bits per heavy atom. The number of pyridine rings is 1. The number of likely N-dealkylation sites (N-methyl/N-ethyl adjacent to an activating group) is 1. The SMILES string of the molecule is CN1CCN(c2cccc(C(=O)Nc3ccc(I)cc3)n2)CC1. The highest BCUT2D eigenvalue weighted by Crippen LogP contribution is 2.16. The van der Waals surface area contributed by atoms with Gasteiger partial charge >= 0.3 is 0 Å². The summed E-state index contributed by atoms with van der Waals surface area (Å²) in [5.41, 5.74) is 1.22. The minimum atomic E-state index is -0.179. The van der Waals surface area contributed by atoms with Gasteiger partial charge in [-0.05, 0) is 66.0 Å². The zero-order valence-electron chi connectivity index (χ0n) is 13.0. The van der Waals surface area contributed by atoms with Crippen LogP contribution in [-0.4, -0.2) is 49.0 Å². The Balaban J connectivity index is 1.71. The minimum Gasteiger partial charge on any atom is -0.354 e. The molecule has 1 N–H and O–H groups in total. The van der Waals surface area contributed by atoms with Gasteiger partial charge in [0.1, 0.15) is 11.5 Å². The molecule has 0 radical (unpaired) electrons. The lowest BCUT2D eigenvalue weighted by Gasteiger charge is -2.33. The van der Waals surface area contributed by atoms with Crippen molar-refractivity contribution in [1.82, 2.24) is 9.88 Å². The van der Waals surface area contributed by atoms with E-state index in [0.717, 1.165) is 41.3 Å². The Morgan fingerprint density at radius 3 is 2.48 bits per heavy atom. The van der Waals surface area contributed by atoms with E-state index in [1.807, 2.05) is 36.4 Å².